The van der Waals surface area contributed by atoms with Gasteiger partial charge in [-0.05, 0) is 5.41 Å². The first kappa shape index (κ1) is 17.0. The summed E-state index contributed by atoms with van der Waals surface area (Å²) in [5.41, 5.74) is 0.425. The molecule has 0 aliphatic carbocycles. The fraction of sp³-hybridized carbons (Fsp3) is 0.389. The lowest BCUT2D eigenvalue weighted by Gasteiger charge is -2.21. The summed E-state index contributed by atoms with van der Waals surface area (Å²) in [4.78, 5) is 20.9. The number of carbonyl (C=O) groups excluding carboxylic acids is 1. The topological polar surface area (TPSA) is 94.9 Å². The van der Waals surface area contributed by atoms with Gasteiger partial charge in [-0.15, -0.1) is 0 Å². The van der Waals surface area contributed by atoms with Gasteiger partial charge in [0, 0.05) is 25.3 Å². The van der Waals surface area contributed by atoms with Gasteiger partial charge in [-0.1, -0.05) is 54.5 Å². The Balaban J connectivity index is 1.62. The molecule has 0 saturated carbocycles. The molecule has 0 N–H and O–H groups in total. The second-order valence-electron chi connectivity index (χ2n) is 6.82. The SMILES string of the molecule is Cc1nc(Cc2noc(CC(C)(C)CC(=O)c3ccccc3)n2)no1. The first-order chi connectivity index (χ1) is 11.9. The van der Waals surface area contributed by atoms with Gasteiger partial charge in [-0.25, -0.2) is 0 Å². The summed E-state index contributed by atoms with van der Waals surface area (Å²) in [6.45, 7) is 5.75. The van der Waals surface area contributed by atoms with E-state index in [-0.39, 0.29) is 11.2 Å². The van der Waals surface area contributed by atoms with Crippen LogP contribution in [-0.4, -0.2) is 26.1 Å². The van der Waals surface area contributed by atoms with E-state index in [2.05, 4.69) is 20.3 Å². The molecule has 0 spiro atoms. The molecule has 1 aromatic carbocycles. The molecular weight excluding hydrogens is 320 g/mol. The zero-order valence-electron chi connectivity index (χ0n) is 14.5. The number of hydrogen-bond acceptors (Lipinski definition) is 7. The second kappa shape index (κ2) is 6.96. The molecule has 7 nitrogen and oxygen atoms in total. The standard InChI is InChI=1S/C18H20N4O3/c1-12-19-15(21-24-12)9-16-20-17(25-22-16)11-18(2,3)10-14(23)13-7-5-4-6-8-13/h4-8H,9-11H2,1-3H3. The van der Waals surface area contributed by atoms with E-state index in [1.165, 1.54) is 0 Å². The minimum absolute atomic E-state index is 0.104. The monoisotopic (exact) mass is 340 g/mol. The lowest BCUT2D eigenvalue weighted by atomic mass is 9.82. The minimum atomic E-state index is -0.292. The Hall–Kier alpha value is -2.83. The maximum atomic E-state index is 12.4. The Morgan fingerprint density at radius 1 is 1.04 bits per heavy atom. The van der Waals surface area contributed by atoms with Crippen LogP contribution in [0.15, 0.2) is 39.4 Å². The van der Waals surface area contributed by atoms with Gasteiger partial charge in [0.2, 0.25) is 11.8 Å². The highest BCUT2D eigenvalue weighted by molar-refractivity contribution is 5.96. The van der Waals surface area contributed by atoms with Crippen molar-refractivity contribution in [2.75, 3.05) is 0 Å². The van der Waals surface area contributed by atoms with Crippen molar-refractivity contribution in [3.8, 4) is 0 Å². The van der Waals surface area contributed by atoms with Crippen molar-refractivity contribution in [3.05, 3.63) is 59.3 Å². The highest BCUT2D eigenvalue weighted by Crippen LogP contribution is 2.27. The lowest BCUT2D eigenvalue weighted by molar-refractivity contribution is 0.0926. The van der Waals surface area contributed by atoms with E-state index < -0.39 is 0 Å². The molecule has 0 unspecified atom stereocenters. The number of carbonyl (C=O) groups is 1. The number of aryl methyl sites for hydroxylation is 1. The number of aromatic nitrogens is 4. The third kappa shape index (κ3) is 4.59. The molecule has 130 valence electrons. The Kier molecular flexibility index (Phi) is 4.74. The van der Waals surface area contributed by atoms with Crippen LogP contribution in [-0.2, 0) is 12.8 Å². The van der Waals surface area contributed by atoms with Crippen LogP contribution >= 0.6 is 0 Å². The lowest BCUT2D eigenvalue weighted by Crippen LogP contribution is -2.20. The van der Waals surface area contributed by atoms with Gasteiger partial charge in [0.05, 0.1) is 6.42 Å². The van der Waals surface area contributed by atoms with E-state index in [1.807, 2.05) is 44.2 Å². The molecule has 3 rings (SSSR count). The van der Waals surface area contributed by atoms with Crippen LogP contribution < -0.4 is 0 Å². The zero-order valence-corrected chi connectivity index (χ0v) is 14.5. The molecule has 0 radical (unpaired) electrons. The third-order valence-electron chi connectivity index (χ3n) is 3.76. The van der Waals surface area contributed by atoms with Crippen LogP contribution in [0.2, 0.25) is 0 Å². The molecule has 2 aromatic heterocycles. The number of Topliss-reactive ketones (excluding diaryl/α,β-unsaturated/α-hetero) is 1. The number of nitrogens with zero attached hydrogens (tertiary/aromatic N) is 4. The molecule has 2 heterocycles. The maximum absolute atomic E-state index is 12.4. The van der Waals surface area contributed by atoms with Gasteiger partial charge in [-0.2, -0.15) is 9.97 Å². The second-order valence-corrected chi connectivity index (χ2v) is 6.82. The summed E-state index contributed by atoms with van der Waals surface area (Å²) >= 11 is 0. The Labute approximate surface area is 145 Å². The van der Waals surface area contributed by atoms with E-state index in [0.717, 1.165) is 0 Å². The Morgan fingerprint density at radius 2 is 1.72 bits per heavy atom. The minimum Gasteiger partial charge on any atom is -0.340 e. The zero-order chi connectivity index (χ0) is 17.9. The number of rotatable bonds is 7. The fourth-order valence-corrected chi connectivity index (χ4v) is 2.62. The van der Waals surface area contributed by atoms with E-state index >= 15 is 0 Å². The van der Waals surface area contributed by atoms with Gasteiger partial charge in [0.15, 0.2) is 17.4 Å². The average molecular weight is 340 g/mol. The van der Waals surface area contributed by atoms with E-state index in [0.29, 0.717) is 48.3 Å². The quantitative estimate of drug-likeness (QED) is 0.609. The number of ketones is 1. The van der Waals surface area contributed by atoms with Crippen molar-refractivity contribution >= 4 is 5.78 Å². The normalized spacial score (nSPS) is 11.6. The van der Waals surface area contributed by atoms with Crippen LogP contribution in [0.3, 0.4) is 0 Å². The number of hydrogen-bond donors (Lipinski definition) is 0. The summed E-state index contributed by atoms with van der Waals surface area (Å²) in [7, 11) is 0. The van der Waals surface area contributed by atoms with Crippen LogP contribution in [0.4, 0.5) is 0 Å². The summed E-state index contributed by atoms with van der Waals surface area (Å²) in [5.74, 6) is 2.12. The van der Waals surface area contributed by atoms with E-state index in [9.17, 15) is 4.79 Å². The predicted octanol–water partition coefficient (Wildman–Crippen LogP) is 3.19. The van der Waals surface area contributed by atoms with Crippen LogP contribution in [0, 0.1) is 12.3 Å². The van der Waals surface area contributed by atoms with Gasteiger partial charge >= 0.3 is 0 Å². The molecule has 0 atom stereocenters. The van der Waals surface area contributed by atoms with Gasteiger partial charge in [0.1, 0.15) is 0 Å². The van der Waals surface area contributed by atoms with Crippen LogP contribution in [0.1, 0.15) is 54.1 Å². The summed E-state index contributed by atoms with van der Waals surface area (Å²) in [5, 5.41) is 7.76. The largest absolute Gasteiger partial charge is 0.340 e. The van der Waals surface area contributed by atoms with E-state index in [1.54, 1.807) is 6.92 Å². The molecule has 0 aliphatic rings. The first-order valence-corrected chi connectivity index (χ1v) is 8.10. The smallest absolute Gasteiger partial charge is 0.227 e. The van der Waals surface area contributed by atoms with Gasteiger partial charge < -0.3 is 9.05 Å². The van der Waals surface area contributed by atoms with E-state index in [4.69, 9.17) is 9.05 Å². The summed E-state index contributed by atoms with van der Waals surface area (Å²) < 4.78 is 10.2. The van der Waals surface area contributed by atoms with Gasteiger partial charge in [-0.3, -0.25) is 4.79 Å². The highest BCUT2D eigenvalue weighted by Gasteiger charge is 2.26. The van der Waals surface area contributed by atoms with Gasteiger partial charge in [0.25, 0.3) is 0 Å². The Morgan fingerprint density at radius 3 is 2.40 bits per heavy atom. The molecule has 0 amide bonds. The van der Waals surface area contributed by atoms with Crippen molar-refractivity contribution in [2.24, 2.45) is 5.41 Å². The average Bonchev–Trinajstić information content (AvgIpc) is 3.16. The molecule has 25 heavy (non-hydrogen) atoms. The molecule has 0 saturated heterocycles. The van der Waals surface area contributed by atoms with Crippen molar-refractivity contribution in [3.63, 3.8) is 0 Å². The van der Waals surface area contributed by atoms with Crippen molar-refractivity contribution in [2.45, 2.75) is 40.0 Å². The summed E-state index contributed by atoms with van der Waals surface area (Å²) in [6, 6.07) is 9.29. The van der Waals surface area contributed by atoms with Crippen LogP contribution in [0.25, 0.3) is 0 Å². The molecule has 3 aromatic rings. The Bertz CT molecular complexity index is 852. The van der Waals surface area contributed by atoms with Crippen molar-refractivity contribution < 1.29 is 13.8 Å². The highest BCUT2D eigenvalue weighted by atomic mass is 16.5. The maximum Gasteiger partial charge on any atom is 0.227 e. The van der Waals surface area contributed by atoms with Crippen LogP contribution in [0.5, 0.6) is 0 Å². The molecule has 7 heteroatoms. The molecule has 0 bridgehead atoms. The first-order valence-electron chi connectivity index (χ1n) is 8.10. The molecule has 0 fully saturated rings. The van der Waals surface area contributed by atoms with Crippen molar-refractivity contribution in [1.29, 1.82) is 0 Å². The fourth-order valence-electron chi connectivity index (χ4n) is 2.62. The third-order valence-corrected chi connectivity index (χ3v) is 3.76. The number of benzene rings is 1. The molecule has 0 aliphatic heterocycles. The molecular formula is C18H20N4O3. The summed E-state index contributed by atoms with van der Waals surface area (Å²) in [6.07, 6.45) is 1.27. The predicted molar refractivity (Wildman–Crippen MR) is 89.0 cm³/mol. The van der Waals surface area contributed by atoms with Crippen molar-refractivity contribution in [1.82, 2.24) is 20.3 Å².